The first kappa shape index (κ1) is 16.8. The Morgan fingerprint density at radius 1 is 1.29 bits per heavy atom. The number of aliphatic hydroxyl groups is 1. The molecule has 118 valence electrons. The fraction of sp³-hybridized carbons (Fsp3) is 0.647. The van der Waals surface area contributed by atoms with E-state index in [1.165, 1.54) is 43.4 Å². The van der Waals surface area contributed by atoms with E-state index >= 15 is 0 Å². The van der Waals surface area contributed by atoms with Gasteiger partial charge in [0.15, 0.2) is 0 Å². The summed E-state index contributed by atoms with van der Waals surface area (Å²) in [5.41, 5.74) is 2.59. The molecule has 2 rings (SSSR count). The first-order chi connectivity index (χ1) is 10.3. The topological polar surface area (TPSA) is 35.5 Å². The van der Waals surface area contributed by atoms with E-state index in [-0.39, 0.29) is 6.61 Å². The number of rotatable bonds is 7. The number of hydrogen-bond acceptors (Lipinski definition) is 3. The molecule has 0 atom stereocenters. The van der Waals surface area contributed by atoms with Crippen LogP contribution in [-0.2, 0) is 6.54 Å². The van der Waals surface area contributed by atoms with Gasteiger partial charge < -0.3 is 15.3 Å². The number of hydrogen-bond donors (Lipinski definition) is 2. The Morgan fingerprint density at radius 3 is 2.71 bits per heavy atom. The van der Waals surface area contributed by atoms with Crippen LogP contribution in [-0.4, -0.2) is 30.8 Å². The lowest BCUT2D eigenvalue weighted by molar-refractivity contribution is 0.290. The second kappa shape index (κ2) is 8.76. The highest BCUT2D eigenvalue weighted by Crippen LogP contribution is 2.31. The van der Waals surface area contributed by atoms with Crippen molar-refractivity contribution >= 4 is 21.6 Å². The third-order valence-electron chi connectivity index (χ3n) is 4.28. The first-order valence-electron chi connectivity index (χ1n) is 8.13. The van der Waals surface area contributed by atoms with Crippen molar-refractivity contribution in [1.29, 1.82) is 0 Å². The van der Waals surface area contributed by atoms with Crippen molar-refractivity contribution in [3.63, 3.8) is 0 Å². The molecule has 0 radical (unpaired) electrons. The van der Waals surface area contributed by atoms with Crippen LogP contribution in [0.3, 0.4) is 0 Å². The molecule has 1 aromatic rings. The summed E-state index contributed by atoms with van der Waals surface area (Å²) in [5.74, 6) is 0. The van der Waals surface area contributed by atoms with Crippen LogP contribution < -0.4 is 10.2 Å². The molecule has 0 unspecified atom stereocenters. The van der Waals surface area contributed by atoms with Gasteiger partial charge in [0.2, 0.25) is 0 Å². The summed E-state index contributed by atoms with van der Waals surface area (Å²) < 4.78 is 1.11. The van der Waals surface area contributed by atoms with Crippen LogP contribution in [0.25, 0.3) is 0 Å². The average molecular weight is 355 g/mol. The monoisotopic (exact) mass is 354 g/mol. The maximum atomic E-state index is 9.50. The number of aliphatic hydroxyl groups excluding tert-OH is 1. The van der Waals surface area contributed by atoms with Crippen LogP contribution >= 0.6 is 15.9 Å². The van der Waals surface area contributed by atoms with E-state index in [9.17, 15) is 5.11 Å². The fourth-order valence-electron chi connectivity index (χ4n) is 3.21. The molecule has 0 heterocycles. The molecular weight excluding hydrogens is 328 g/mol. The molecule has 0 amide bonds. The van der Waals surface area contributed by atoms with E-state index in [1.807, 2.05) is 0 Å². The minimum Gasteiger partial charge on any atom is -0.395 e. The largest absolute Gasteiger partial charge is 0.395 e. The van der Waals surface area contributed by atoms with Crippen molar-refractivity contribution < 1.29 is 5.11 Å². The highest BCUT2D eigenvalue weighted by Gasteiger charge is 2.23. The summed E-state index contributed by atoms with van der Waals surface area (Å²) in [5, 5.41) is 12.9. The Hall–Kier alpha value is -0.580. The molecule has 0 aliphatic heterocycles. The smallest absolute Gasteiger partial charge is 0.0606 e. The molecule has 0 spiro atoms. The van der Waals surface area contributed by atoms with Crippen LogP contribution in [0.4, 0.5) is 5.69 Å². The fourth-order valence-corrected chi connectivity index (χ4v) is 3.56. The molecule has 4 heteroatoms. The van der Waals surface area contributed by atoms with Crippen molar-refractivity contribution in [2.45, 2.75) is 51.6 Å². The quantitative estimate of drug-likeness (QED) is 0.783. The van der Waals surface area contributed by atoms with Crippen LogP contribution in [0.15, 0.2) is 22.7 Å². The number of halogens is 1. The Morgan fingerprint density at radius 2 is 2.05 bits per heavy atom. The Bertz CT molecular complexity index is 433. The minimum atomic E-state index is 0.212. The van der Waals surface area contributed by atoms with Crippen molar-refractivity contribution in [3.8, 4) is 0 Å². The normalized spacial score (nSPS) is 16.1. The summed E-state index contributed by atoms with van der Waals surface area (Å²) in [6, 6.07) is 7.07. The molecule has 1 aromatic carbocycles. The Balaban J connectivity index is 2.26. The second-order valence-electron chi connectivity index (χ2n) is 5.76. The van der Waals surface area contributed by atoms with Crippen molar-refractivity contribution in [2.75, 3.05) is 24.6 Å². The summed E-state index contributed by atoms with van der Waals surface area (Å²) in [6.45, 7) is 4.92. The van der Waals surface area contributed by atoms with Gasteiger partial charge in [0.1, 0.15) is 0 Å². The molecule has 21 heavy (non-hydrogen) atoms. The number of anilines is 1. The molecule has 0 aromatic heterocycles. The van der Waals surface area contributed by atoms with E-state index in [0.717, 1.165) is 24.1 Å². The number of nitrogens with zero attached hydrogens (tertiary/aromatic N) is 1. The van der Waals surface area contributed by atoms with Gasteiger partial charge in [-0.25, -0.2) is 0 Å². The van der Waals surface area contributed by atoms with Crippen molar-refractivity contribution in [3.05, 3.63) is 28.2 Å². The summed E-state index contributed by atoms with van der Waals surface area (Å²) in [7, 11) is 0. The third kappa shape index (κ3) is 4.70. The van der Waals surface area contributed by atoms with E-state index in [4.69, 9.17) is 0 Å². The standard InChI is InChI=1S/C17H27BrN2O/c1-2-19-13-14-8-9-15(18)12-17(14)20(10-11-21)16-6-4-3-5-7-16/h8-9,12,16,19,21H,2-7,10-11,13H2,1H3. The molecule has 0 bridgehead atoms. The zero-order chi connectivity index (χ0) is 15.1. The van der Waals surface area contributed by atoms with Gasteiger partial charge in [-0.05, 0) is 37.1 Å². The van der Waals surface area contributed by atoms with Gasteiger partial charge in [0.05, 0.1) is 6.61 Å². The lowest BCUT2D eigenvalue weighted by atomic mass is 9.93. The van der Waals surface area contributed by atoms with Gasteiger partial charge >= 0.3 is 0 Å². The maximum absolute atomic E-state index is 9.50. The molecule has 2 N–H and O–H groups in total. The van der Waals surface area contributed by atoms with Gasteiger partial charge in [-0.2, -0.15) is 0 Å². The van der Waals surface area contributed by atoms with E-state index < -0.39 is 0 Å². The van der Waals surface area contributed by atoms with E-state index in [1.54, 1.807) is 0 Å². The predicted octanol–water partition coefficient (Wildman–Crippen LogP) is 3.69. The maximum Gasteiger partial charge on any atom is 0.0606 e. The SMILES string of the molecule is CCNCc1ccc(Br)cc1N(CCO)C1CCCCC1. The molecule has 0 saturated heterocycles. The predicted molar refractivity (Wildman–Crippen MR) is 92.8 cm³/mol. The van der Waals surface area contributed by atoms with E-state index in [2.05, 4.69) is 51.3 Å². The highest BCUT2D eigenvalue weighted by atomic mass is 79.9. The van der Waals surface area contributed by atoms with Crippen LogP contribution in [0.5, 0.6) is 0 Å². The average Bonchev–Trinajstić information content (AvgIpc) is 2.52. The molecule has 1 fully saturated rings. The van der Waals surface area contributed by atoms with Gasteiger partial charge in [-0.1, -0.05) is 48.2 Å². The van der Waals surface area contributed by atoms with Gasteiger partial charge in [0.25, 0.3) is 0 Å². The van der Waals surface area contributed by atoms with Crippen molar-refractivity contribution in [1.82, 2.24) is 5.32 Å². The van der Waals surface area contributed by atoms with Gasteiger partial charge in [0, 0.05) is 29.3 Å². The van der Waals surface area contributed by atoms with Gasteiger partial charge in [-0.15, -0.1) is 0 Å². The number of nitrogens with one attached hydrogen (secondary N) is 1. The third-order valence-corrected chi connectivity index (χ3v) is 4.77. The molecule has 3 nitrogen and oxygen atoms in total. The first-order valence-corrected chi connectivity index (χ1v) is 8.92. The lowest BCUT2D eigenvalue weighted by Crippen LogP contribution is -2.39. The molecular formula is C17H27BrN2O. The van der Waals surface area contributed by atoms with Crippen LogP contribution in [0.2, 0.25) is 0 Å². The minimum absolute atomic E-state index is 0.212. The van der Waals surface area contributed by atoms with Crippen LogP contribution in [0, 0.1) is 0 Å². The van der Waals surface area contributed by atoms with Crippen molar-refractivity contribution in [2.24, 2.45) is 0 Å². The Labute approximate surface area is 136 Å². The van der Waals surface area contributed by atoms with E-state index in [0.29, 0.717) is 6.04 Å². The molecule has 1 aliphatic carbocycles. The highest BCUT2D eigenvalue weighted by molar-refractivity contribution is 9.10. The summed E-state index contributed by atoms with van der Waals surface area (Å²) in [4.78, 5) is 2.43. The number of benzene rings is 1. The molecule has 1 saturated carbocycles. The molecule has 1 aliphatic rings. The zero-order valence-corrected chi connectivity index (χ0v) is 14.5. The summed E-state index contributed by atoms with van der Waals surface area (Å²) >= 11 is 3.60. The van der Waals surface area contributed by atoms with Crippen LogP contribution in [0.1, 0.15) is 44.6 Å². The lowest BCUT2D eigenvalue weighted by Gasteiger charge is -2.37. The summed E-state index contributed by atoms with van der Waals surface area (Å²) in [6.07, 6.45) is 6.46. The Kier molecular flexibility index (Phi) is 7.00. The second-order valence-corrected chi connectivity index (χ2v) is 6.68. The van der Waals surface area contributed by atoms with Gasteiger partial charge in [-0.3, -0.25) is 0 Å². The zero-order valence-electron chi connectivity index (χ0n) is 12.9.